The van der Waals surface area contributed by atoms with E-state index in [0.29, 0.717) is 6.61 Å². The van der Waals surface area contributed by atoms with Gasteiger partial charge in [-0.15, -0.1) is 0 Å². The first-order valence-corrected chi connectivity index (χ1v) is 12.5. The smallest absolute Gasteiger partial charge is 0.308 e. The van der Waals surface area contributed by atoms with Crippen LogP contribution >= 0.6 is 0 Å². The van der Waals surface area contributed by atoms with Gasteiger partial charge in [-0.2, -0.15) is 0 Å². The Kier molecular flexibility index (Phi) is 17.1. The van der Waals surface area contributed by atoms with Crippen LogP contribution in [0.4, 0.5) is 0 Å². The largest absolute Gasteiger partial charge is 0.465 e. The topological polar surface area (TPSA) is 26.3 Å². The fraction of sp³-hybridized carbons (Fsp3) is 0.960. The Bertz CT molecular complexity index is 326. The molecule has 0 spiro atoms. The molecule has 0 aromatic rings. The van der Waals surface area contributed by atoms with Gasteiger partial charge in [-0.1, -0.05) is 129 Å². The number of esters is 1. The highest BCUT2D eigenvalue weighted by molar-refractivity contribution is 5.71. The highest BCUT2D eigenvalue weighted by Crippen LogP contribution is 2.17. The van der Waals surface area contributed by atoms with Crippen molar-refractivity contribution in [1.82, 2.24) is 0 Å². The Morgan fingerprint density at radius 3 is 1.19 bits per heavy atom. The maximum absolute atomic E-state index is 12.0. The average Bonchev–Trinajstić information content (AvgIpc) is 2.67. The Labute approximate surface area is 170 Å². The summed E-state index contributed by atoms with van der Waals surface area (Å²) in [5.74, 6) is 0.111. The van der Waals surface area contributed by atoms with E-state index in [2.05, 4.69) is 0 Å². The van der Waals surface area contributed by atoms with Gasteiger partial charge in [-0.25, -0.2) is 0 Å². The molecule has 0 radical (unpaired) electrons. The molecule has 1 saturated heterocycles. The van der Waals surface area contributed by atoms with Crippen LogP contribution in [0.2, 0.25) is 0 Å². The number of carbonyl (C=O) groups excluding carboxylic acids is 1. The minimum atomic E-state index is 0.0283. The summed E-state index contributed by atoms with van der Waals surface area (Å²) in [6, 6.07) is 0. The summed E-state index contributed by atoms with van der Waals surface area (Å²) < 4.78 is 5.47. The van der Waals surface area contributed by atoms with Gasteiger partial charge in [0.25, 0.3) is 0 Å². The second-order valence-corrected chi connectivity index (χ2v) is 8.93. The molecule has 160 valence electrons. The molecular formula is C25H48O2. The van der Waals surface area contributed by atoms with Gasteiger partial charge in [0.05, 0.1) is 12.5 Å². The van der Waals surface area contributed by atoms with Gasteiger partial charge in [-0.3, -0.25) is 4.79 Å². The van der Waals surface area contributed by atoms with Crippen LogP contribution in [0.3, 0.4) is 0 Å². The molecule has 1 unspecified atom stereocenters. The lowest BCUT2D eigenvalue weighted by Crippen LogP contribution is -2.15. The molecule has 0 bridgehead atoms. The van der Waals surface area contributed by atoms with E-state index in [4.69, 9.17) is 4.74 Å². The summed E-state index contributed by atoms with van der Waals surface area (Å²) >= 11 is 0. The second-order valence-electron chi connectivity index (χ2n) is 8.93. The minimum Gasteiger partial charge on any atom is -0.465 e. The molecule has 0 aromatic heterocycles. The van der Waals surface area contributed by atoms with Crippen LogP contribution < -0.4 is 0 Å². The summed E-state index contributed by atoms with van der Waals surface area (Å²) in [7, 11) is 0. The zero-order valence-electron chi connectivity index (χ0n) is 18.5. The van der Waals surface area contributed by atoms with E-state index in [9.17, 15) is 4.79 Å². The van der Waals surface area contributed by atoms with Crippen molar-refractivity contribution in [1.29, 1.82) is 0 Å². The molecule has 2 nitrogen and oxygen atoms in total. The number of cyclic esters (lactones) is 1. The fourth-order valence-electron chi connectivity index (χ4n) is 4.17. The number of rotatable bonds is 0. The van der Waals surface area contributed by atoms with Crippen molar-refractivity contribution >= 4 is 5.97 Å². The van der Waals surface area contributed by atoms with E-state index in [0.717, 1.165) is 12.8 Å². The van der Waals surface area contributed by atoms with Crippen molar-refractivity contribution in [3.63, 3.8) is 0 Å². The molecule has 2 heteroatoms. The van der Waals surface area contributed by atoms with Crippen LogP contribution in [-0.2, 0) is 9.53 Å². The van der Waals surface area contributed by atoms with Crippen LogP contribution in [0.15, 0.2) is 0 Å². The van der Waals surface area contributed by atoms with E-state index in [1.165, 1.54) is 122 Å². The van der Waals surface area contributed by atoms with Crippen molar-refractivity contribution in [3.05, 3.63) is 0 Å². The molecule has 1 fully saturated rings. The Hall–Kier alpha value is -0.530. The van der Waals surface area contributed by atoms with Crippen LogP contribution in [-0.4, -0.2) is 12.6 Å². The van der Waals surface area contributed by atoms with Gasteiger partial charge in [0.2, 0.25) is 0 Å². The molecule has 0 saturated carbocycles. The molecule has 1 atom stereocenters. The summed E-state index contributed by atoms with van der Waals surface area (Å²) in [4.78, 5) is 12.0. The Morgan fingerprint density at radius 2 is 0.815 bits per heavy atom. The van der Waals surface area contributed by atoms with Gasteiger partial charge in [0, 0.05) is 0 Å². The normalized spacial score (nSPS) is 25.7. The third-order valence-electron chi connectivity index (χ3n) is 6.18. The number of ether oxygens (including phenoxy) is 1. The standard InChI is InChI=1S/C25H48O2/c1-24-22-20-18-16-14-12-10-8-6-4-2-3-5-7-9-11-13-15-17-19-21-23-27-25(24)26/h24H,2-23H2,1H3. The third kappa shape index (κ3) is 16.2. The molecule has 1 heterocycles. The van der Waals surface area contributed by atoms with Crippen molar-refractivity contribution in [2.45, 2.75) is 142 Å². The van der Waals surface area contributed by atoms with E-state index in [1.54, 1.807) is 0 Å². The fourth-order valence-corrected chi connectivity index (χ4v) is 4.17. The van der Waals surface area contributed by atoms with Crippen LogP contribution in [0.25, 0.3) is 0 Å². The molecule has 0 aliphatic carbocycles. The van der Waals surface area contributed by atoms with E-state index < -0.39 is 0 Å². The summed E-state index contributed by atoms with van der Waals surface area (Å²) in [6.45, 7) is 2.66. The average molecular weight is 381 g/mol. The maximum Gasteiger partial charge on any atom is 0.308 e. The first-order chi connectivity index (χ1) is 13.3. The number of carbonyl (C=O) groups is 1. The number of hydrogen-bond donors (Lipinski definition) is 0. The Balaban J connectivity index is 2.15. The molecule has 0 aromatic carbocycles. The highest BCUT2D eigenvalue weighted by atomic mass is 16.5. The van der Waals surface area contributed by atoms with Crippen molar-refractivity contribution in [2.75, 3.05) is 6.61 Å². The molecule has 0 amide bonds. The first-order valence-electron chi connectivity index (χ1n) is 12.5. The zero-order chi connectivity index (χ0) is 19.4. The molecular weight excluding hydrogens is 332 g/mol. The summed E-state index contributed by atoms with van der Waals surface area (Å²) in [6.07, 6.45) is 28.2. The predicted molar refractivity (Wildman–Crippen MR) is 117 cm³/mol. The summed E-state index contributed by atoms with van der Waals surface area (Å²) in [5, 5.41) is 0. The van der Waals surface area contributed by atoms with E-state index in [-0.39, 0.29) is 11.9 Å². The molecule has 1 aliphatic rings. The van der Waals surface area contributed by atoms with Gasteiger partial charge in [0.1, 0.15) is 0 Å². The molecule has 27 heavy (non-hydrogen) atoms. The quantitative estimate of drug-likeness (QED) is 0.394. The van der Waals surface area contributed by atoms with Crippen molar-refractivity contribution in [3.8, 4) is 0 Å². The first kappa shape index (κ1) is 24.5. The highest BCUT2D eigenvalue weighted by Gasteiger charge is 2.13. The van der Waals surface area contributed by atoms with Crippen molar-refractivity contribution < 1.29 is 9.53 Å². The van der Waals surface area contributed by atoms with Gasteiger partial charge in [-0.05, 0) is 12.8 Å². The second kappa shape index (κ2) is 18.8. The maximum atomic E-state index is 12.0. The lowest BCUT2D eigenvalue weighted by molar-refractivity contribution is -0.148. The predicted octanol–water partition coefficient (Wildman–Crippen LogP) is 8.37. The van der Waals surface area contributed by atoms with Gasteiger partial charge < -0.3 is 4.74 Å². The lowest BCUT2D eigenvalue weighted by atomic mass is 10.0. The van der Waals surface area contributed by atoms with E-state index >= 15 is 0 Å². The summed E-state index contributed by atoms with van der Waals surface area (Å²) in [5.41, 5.74) is 0. The zero-order valence-corrected chi connectivity index (χ0v) is 18.5. The van der Waals surface area contributed by atoms with Crippen LogP contribution in [0.5, 0.6) is 0 Å². The molecule has 1 rings (SSSR count). The SMILES string of the molecule is CC1CCCCCCCCCCCCCCCCCCCCCCOC1=O. The number of hydrogen-bond acceptors (Lipinski definition) is 2. The Morgan fingerprint density at radius 1 is 0.519 bits per heavy atom. The monoisotopic (exact) mass is 380 g/mol. The minimum absolute atomic E-state index is 0.0283. The van der Waals surface area contributed by atoms with Crippen molar-refractivity contribution in [2.24, 2.45) is 5.92 Å². The molecule has 0 N–H and O–H groups in total. The van der Waals surface area contributed by atoms with Gasteiger partial charge >= 0.3 is 5.97 Å². The lowest BCUT2D eigenvalue weighted by Gasteiger charge is -2.11. The van der Waals surface area contributed by atoms with E-state index in [1.807, 2.05) is 6.92 Å². The third-order valence-corrected chi connectivity index (χ3v) is 6.18. The molecule has 1 aliphatic heterocycles. The van der Waals surface area contributed by atoms with Crippen LogP contribution in [0, 0.1) is 5.92 Å². The van der Waals surface area contributed by atoms with Gasteiger partial charge in [0.15, 0.2) is 0 Å². The van der Waals surface area contributed by atoms with Crippen LogP contribution in [0.1, 0.15) is 142 Å².